The molecule has 0 fully saturated rings. The number of ketones is 1. The first-order valence-electron chi connectivity index (χ1n) is 6.09. The van der Waals surface area contributed by atoms with E-state index >= 15 is 0 Å². The fourth-order valence-corrected chi connectivity index (χ4v) is 5.05. The average molecular weight is 282 g/mol. The third-order valence-electron chi connectivity index (χ3n) is 3.39. The normalized spacial score (nSPS) is 11.6. The zero-order chi connectivity index (χ0) is 13.0. The molecule has 0 saturated carbocycles. The Morgan fingerprint density at radius 3 is 2.37 bits per heavy atom. The Hall–Kier alpha value is -1.71. The second-order valence-corrected chi connectivity index (χ2v) is 6.73. The molecule has 0 spiro atoms. The van der Waals surface area contributed by atoms with Crippen molar-refractivity contribution in [1.82, 2.24) is 0 Å². The molecule has 0 aliphatic rings. The Morgan fingerprint density at radius 1 is 0.895 bits per heavy atom. The first-order chi connectivity index (χ1) is 9.24. The van der Waals surface area contributed by atoms with Gasteiger partial charge in [-0.1, -0.05) is 18.2 Å². The van der Waals surface area contributed by atoms with Crippen molar-refractivity contribution in [3.8, 4) is 0 Å². The van der Waals surface area contributed by atoms with Gasteiger partial charge in [-0.3, -0.25) is 4.79 Å². The van der Waals surface area contributed by atoms with Crippen LogP contribution in [-0.2, 0) is 0 Å². The third-order valence-corrected chi connectivity index (χ3v) is 5.93. The highest BCUT2D eigenvalue weighted by Gasteiger charge is 2.12. The highest BCUT2D eigenvalue weighted by atomic mass is 32.1. The Labute approximate surface area is 118 Å². The van der Waals surface area contributed by atoms with Crippen LogP contribution in [0.25, 0.3) is 29.6 Å². The van der Waals surface area contributed by atoms with E-state index in [-0.39, 0.29) is 5.78 Å². The predicted molar refractivity (Wildman–Crippen MR) is 84.7 cm³/mol. The Morgan fingerprint density at radius 2 is 1.58 bits per heavy atom. The summed E-state index contributed by atoms with van der Waals surface area (Å²) in [6.07, 6.45) is 0. The second-order valence-electron chi connectivity index (χ2n) is 4.63. The number of benzene rings is 2. The Balaban J connectivity index is 2.19. The molecule has 0 aliphatic heterocycles. The molecular formula is C16H10OS2. The molecule has 4 rings (SSSR count). The van der Waals surface area contributed by atoms with Crippen molar-refractivity contribution in [2.24, 2.45) is 0 Å². The SMILES string of the molecule is CC(=O)c1ccc2sc3c4ccccc4sc3c2c1. The summed E-state index contributed by atoms with van der Waals surface area (Å²) in [5, 5.41) is 2.54. The molecule has 2 aromatic carbocycles. The van der Waals surface area contributed by atoms with Gasteiger partial charge < -0.3 is 0 Å². The van der Waals surface area contributed by atoms with E-state index in [0.717, 1.165) is 5.56 Å². The van der Waals surface area contributed by atoms with Crippen LogP contribution >= 0.6 is 22.7 Å². The monoisotopic (exact) mass is 282 g/mol. The van der Waals surface area contributed by atoms with E-state index < -0.39 is 0 Å². The number of rotatable bonds is 1. The maximum absolute atomic E-state index is 11.5. The molecule has 0 bridgehead atoms. The number of carbonyl (C=O) groups is 1. The van der Waals surface area contributed by atoms with Crippen LogP contribution in [0.3, 0.4) is 0 Å². The summed E-state index contributed by atoms with van der Waals surface area (Å²) in [5.41, 5.74) is 0.796. The number of carbonyl (C=O) groups excluding carboxylic acids is 1. The van der Waals surface area contributed by atoms with Crippen LogP contribution in [0.2, 0.25) is 0 Å². The summed E-state index contributed by atoms with van der Waals surface area (Å²) >= 11 is 3.63. The van der Waals surface area contributed by atoms with Crippen LogP contribution in [0.4, 0.5) is 0 Å². The molecule has 0 saturated heterocycles. The molecule has 0 amide bonds. The molecule has 19 heavy (non-hydrogen) atoms. The lowest BCUT2D eigenvalue weighted by atomic mass is 10.1. The molecule has 0 aliphatic carbocycles. The first-order valence-corrected chi connectivity index (χ1v) is 7.72. The van der Waals surface area contributed by atoms with Crippen molar-refractivity contribution in [1.29, 1.82) is 0 Å². The number of fused-ring (bicyclic) bond motifs is 5. The van der Waals surface area contributed by atoms with Gasteiger partial charge in [0.1, 0.15) is 0 Å². The minimum atomic E-state index is 0.127. The zero-order valence-electron chi connectivity index (χ0n) is 10.3. The lowest BCUT2D eigenvalue weighted by molar-refractivity contribution is 0.101. The summed E-state index contributed by atoms with van der Waals surface area (Å²) in [6.45, 7) is 1.62. The van der Waals surface area contributed by atoms with Crippen LogP contribution in [0, 0.1) is 0 Å². The van der Waals surface area contributed by atoms with Gasteiger partial charge in [-0.2, -0.15) is 0 Å². The van der Waals surface area contributed by atoms with Crippen LogP contribution < -0.4 is 0 Å². The van der Waals surface area contributed by atoms with Crippen molar-refractivity contribution in [2.75, 3.05) is 0 Å². The molecule has 0 radical (unpaired) electrons. The van der Waals surface area contributed by atoms with Crippen molar-refractivity contribution in [3.63, 3.8) is 0 Å². The first kappa shape index (κ1) is 11.1. The zero-order valence-corrected chi connectivity index (χ0v) is 11.9. The van der Waals surface area contributed by atoms with Gasteiger partial charge in [0.15, 0.2) is 5.78 Å². The Bertz CT molecular complexity index is 943. The average Bonchev–Trinajstić information content (AvgIpc) is 2.94. The van der Waals surface area contributed by atoms with Gasteiger partial charge >= 0.3 is 0 Å². The lowest BCUT2D eigenvalue weighted by Gasteiger charge is -1.95. The number of Topliss-reactive ketones (excluding diaryl/α,β-unsaturated/α-hetero) is 1. The van der Waals surface area contributed by atoms with E-state index in [1.165, 1.54) is 29.6 Å². The smallest absolute Gasteiger partial charge is 0.159 e. The van der Waals surface area contributed by atoms with Crippen LogP contribution in [0.5, 0.6) is 0 Å². The highest BCUT2D eigenvalue weighted by Crippen LogP contribution is 2.44. The molecule has 3 heteroatoms. The van der Waals surface area contributed by atoms with Crippen molar-refractivity contribution in [2.45, 2.75) is 6.92 Å². The molecule has 4 aromatic rings. The molecule has 0 N–H and O–H groups in total. The fraction of sp³-hybridized carbons (Fsp3) is 0.0625. The number of thiophene rings is 2. The number of hydrogen-bond acceptors (Lipinski definition) is 3. The summed E-state index contributed by atoms with van der Waals surface area (Å²) in [5.74, 6) is 0.127. The fourth-order valence-electron chi connectivity index (χ4n) is 2.43. The molecule has 1 nitrogen and oxygen atoms in total. The largest absolute Gasteiger partial charge is 0.295 e. The van der Waals surface area contributed by atoms with E-state index in [0.29, 0.717) is 0 Å². The van der Waals surface area contributed by atoms with Gasteiger partial charge in [0.05, 0.1) is 9.40 Å². The van der Waals surface area contributed by atoms with Crippen LogP contribution in [-0.4, -0.2) is 5.78 Å². The second kappa shape index (κ2) is 3.89. The van der Waals surface area contributed by atoms with Gasteiger partial charge in [-0.05, 0) is 31.2 Å². The predicted octanol–water partition coefficient (Wildman–Crippen LogP) is 5.47. The summed E-state index contributed by atoms with van der Waals surface area (Å²) in [7, 11) is 0. The van der Waals surface area contributed by atoms with Gasteiger partial charge in [0, 0.05) is 25.7 Å². The van der Waals surface area contributed by atoms with Crippen LogP contribution in [0.1, 0.15) is 17.3 Å². The highest BCUT2D eigenvalue weighted by molar-refractivity contribution is 7.36. The van der Waals surface area contributed by atoms with Gasteiger partial charge in [-0.15, -0.1) is 22.7 Å². The minimum absolute atomic E-state index is 0.127. The van der Waals surface area contributed by atoms with Crippen molar-refractivity contribution in [3.05, 3.63) is 48.0 Å². The summed E-state index contributed by atoms with van der Waals surface area (Å²) in [4.78, 5) is 11.5. The summed E-state index contributed by atoms with van der Waals surface area (Å²) in [6, 6.07) is 14.5. The topological polar surface area (TPSA) is 17.1 Å². The maximum Gasteiger partial charge on any atom is 0.159 e. The summed E-state index contributed by atoms with van der Waals surface area (Å²) < 4.78 is 5.23. The molecular weight excluding hydrogens is 272 g/mol. The van der Waals surface area contributed by atoms with E-state index in [9.17, 15) is 4.79 Å². The quantitative estimate of drug-likeness (QED) is 0.423. The molecule has 2 aromatic heterocycles. The van der Waals surface area contributed by atoms with Crippen molar-refractivity contribution >= 4 is 58.0 Å². The van der Waals surface area contributed by atoms with Crippen LogP contribution in [0.15, 0.2) is 42.5 Å². The van der Waals surface area contributed by atoms with E-state index in [1.807, 2.05) is 34.8 Å². The van der Waals surface area contributed by atoms with E-state index in [2.05, 4.69) is 30.3 Å². The van der Waals surface area contributed by atoms with Gasteiger partial charge in [0.25, 0.3) is 0 Å². The van der Waals surface area contributed by atoms with Gasteiger partial charge in [0.2, 0.25) is 0 Å². The molecule has 0 unspecified atom stereocenters. The van der Waals surface area contributed by atoms with Crippen molar-refractivity contribution < 1.29 is 4.79 Å². The Kier molecular flexibility index (Phi) is 2.28. The third kappa shape index (κ3) is 1.55. The van der Waals surface area contributed by atoms with E-state index in [1.54, 1.807) is 6.92 Å². The van der Waals surface area contributed by atoms with E-state index in [4.69, 9.17) is 0 Å². The lowest BCUT2D eigenvalue weighted by Crippen LogP contribution is -1.89. The van der Waals surface area contributed by atoms with Gasteiger partial charge in [-0.25, -0.2) is 0 Å². The maximum atomic E-state index is 11.5. The number of hydrogen-bond donors (Lipinski definition) is 0. The molecule has 92 valence electrons. The molecule has 2 heterocycles. The molecule has 0 atom stereocenters. The standard InChI is InChI=1S/C16H10OS2/c1-9(17)10-6-7-14-12(8-10)16-15(19-14)11-4-2-3-5-13(11)18-16/h2-8H,1H3. The minimum Gasteiger partial charge on any atom is -0.295 e.